The Morgan fingerprint density at radius 2 is 2.07 bits per heavy atom. The Balaban J connectivity index is 1.22. The van der Waals surface area contributed by atoms with Gasteiger partial charge in [0.05, 0.1) is 12.1 Å². The summed E-state index contributed by atoms with van der Waals surface area (Å²) in [6, 6.07) is 11.6. The highest BCUT2D eigenvalue weighted by Gasteiger charge is 2.31. The summed E-state index contributed by atoms with van der Waals surface area (Å²) in [5.41, 5.74) is 3.85. The molecule has 12 heteroatoms. The first-order valence-electron chi connectivity index (χ1n) is 15.3. The molecule has 0 spiro atoms. The molecule has 46 heavy (non-hydrogen) atoms. The predicted molar refractivity (Wildman–Crippen MR) is 179 cm³/mol. The van der Waals surface area contributed by atoms with Gasteiger partial charge in [0.2, 0.25) is 5.91 Å². The minimum Gasteiger partial charge on any atom is -0.489 e. The van der Waals surface area contributed by atoms with Gasteiger partial charge in [-0.3, -0.25) is 4.79 Å². The van der Waals surface area contributed by atoms with Crippen LogP contribution in [0.4, 0.5) is 17.3 Å². The second-order valence-corrected chi connectivity index (χ2v) is 11.8. The number of carbonyl (C=O) groups is 1. The van der Waals surface area contributed by atoms with Gasteiger partial charge in [-0.15, -0.1) is 0 Å². The largest absolute Gasteiger partial charge is 0.489 e. The number of nitrogens with zero attached hydrogens (tertiary/aromatic N) is 8. The number of amides is 1. The number of fused-ring (bicyclic) bond motifs is 5. The van der Waals surface area contributed by atoms with E-state index in [1.165, 1.54) is 12.5 Å². The summed E-state index contributed by atoms with van der Waals surface area (Å²) in [6.07, 6.45) is 8.51. The van der Waals surface area contributed by atoms with Gasteiger partial charge in [-0.2, -0.15) is 0 Å². The van der Waals surface area contributed by atoms with Gasteiger partial charge in [-0.1, -0.05) is 12.7 Å². The van der Waals surface area contributed by atoms with Crippen LogP contribution in [0.5, 0.6) is 17.2 Å². The SMILES string of the molecule is C=C/N=c1/cc(Oc2ccc(Nc3ncnc4cc5c(nc34)N3CCN(C(=O)/C=C/CN(C)C)CC(CO5)C3)cc2C)ccn1C. The van der Waals surface area contributed by atoms with Crippen LogP contribution in [-0.2, 0) is 11.8 Å². The molecule has 12 nitrogen and oxygen atoms in total. The number of aryl methyl sites for hydroxylation is 2. The third-order valence-electron chi connectivity index (χ3n) is 7.95. The lowest BCUT2D eigenvalue weighted by molar-refractivity contribution is -0.126. The molecule has 6 rings (SSSR count). The van der Waals surface area contributed by atoms with E-state index >= 15 is 0 Å². The average molecular weight is 622 g/mol. The average Bonchev–Trinajstić information content (AvgIpc) is 3.35. The first-order valence-corrected chi connectivity index (χ1v) is 15.3. The highest BCUT2D eigenvalue weighted by Crippen LogP contribution is 2.36. The molecule has 1 fully saturated rings. The van der Waals surface area contributed by atoms with Crippen molar-refractivity contribution in [3.05, 3.63) is 84.9 Å². The molecule has 1 unspecified atom stereocenters. The van der Waals surface area contributed by atoms with Crippen molar-refractivity contribution in [1.29, 1.82) is 0 Å². The molecule has 1 amide bonds. The smallest absolute Gasteiger partial charge is 0.246 e. The molecule has 3 aromatic heterocycles. The van der Waals surface area contributed by atoms with E-state index in [0.29, 0.717) is 54.6 Å². The summed E-state index contributed by atoms with van der Waals surface area (Å²) in [6.45, 7) is 9.54. The van der Waals surface area contributed by atoms with Crippen LogP contribution in [0.3, 0.4) is 0 Å². The van der Waals surface area contributed by atoms with E-state index in [1.54, 1.807) is 6.08 Å². The topological polar surface area (TPSA) is 113 Å². The number of benzene rings is 1. The maximum Gasteiger partial charge on any atom is 0.246 e. The van der Waals surface area contributed by atoms with Gasteiger partial charge in [-0.25, -0.2) is 19.9 Å². The second kappa shape index (κ2) is 13.4. The van der Waals surface area contributed by atoms with E-state index < -0.39 is 0 Å². The van der Waals surface area contributed by atoms with Crippen molar-refractivity contribution in [3.8, 4) is 17.2 Å². The van der Waals surface area contributed by atoms with Crippen LogP contribution in [0.25, 0.3) is 11.0 Å². The van der Waals surface area contributed by atoms with Gasteiger partial charge >= 0.3 is 0 Å². The number of hydrogen-bond donors (Lipinski definition) is 1. The molecule has 0 aliphatic carbocycles. The third kappa shape index (κ3) is 6.86. The summed E-state index contributed by atoms with van der Waals surface area (Å²) < 4.78 is 14.3. The van der Waals surface area contributed by atoms with Gasteiger partial charge in [0, 0.05) is 82.0 Å². The Kier molecular flexibility index (Phi) is 8.97. The van der Waals surface area contributed by atoms with Crippen LogP contribution in [0.2, 0.25) is 0 Å². The molecular formula is C34H39N9O3. The molecule has 1 saturated heterocycles. The fourth-order valence-electron chi connectivity index (χ4n) is 5.59. The lowest BCUT2D eigenvalue weighted by Gasteiger charge is -2.24. The second-order valence-electron chi connectivity index (χ2n) is 11.8. The van der Waals surface area contributed by atoms with Crippen molar-refractivity contribution in [2.75, 3.05) is 63.6 Å². The van der Waals surface area contributed by atoms with Gasteiger partial charge in [-0.05, 0) is 50.8 Å². The monoisotopic (exact) mass is 621 g/mol. The lowest BCUT2D eigenvalue weighted by Crippen LogP contribution is -2.36. The van der Waals surface area contributed by atoms with Crippen LogP contribution in [0.1, 0.15) is 5.56 Å². The quantitative estimate of drug-likeness (QED) is 0.292. The molecule has 1 aromatic carbocycles. The number of ether oxygens (including phenoxy) is 2. The zero-order chi connectivity index (χ0) is 32.2. The van der Waals surface area contributed by atoms with Crippen LogP contribution in [0, 0.1) is 12.8 Å². The summed E-state index contributed by atoms with van der Waals surface area (Å²) in [4.78, 5) is 37.5. The Morgan fingerprint density at radius 1 is 1.20 bits per heavy atom. The van der Waals surface area contributed by atoms with E-state index in [0.717, 1.165) is 41.4 Å². The van der Waals surface area contributed by atoms with Gasteiger partial charge < -0.3 is 34.1 Å². The molecular weight excluding hydrogens is 582 g/mol. The van der Waals surface area contributed by atoms with Crippen molar-refractivity contribution in [2.45, 2.75) is 6.92 Å². The number of nitrogens with one attached hydrogen (secondary N) is 1. The van der Waals surface area contributed by atoms with Gasteiger partial charge in [0.1, 0.15) is 28.8 Å². The number of aromatic nitrogens is 4. The van der Waals surface area contributed by atoms with Crippen LogP contribution in [0.15, 0.2) is 78.8 Å². The zero-order valence-electron chi connectivity index (χ0n) is 26.7. The first kappa shape index (κ1) is 30.8. The normalized spacial score (nSPS) is 16.6. The fourth-order valence-corrected chi connectivity index (χ4v) is 5.59. The molecule has 2 bridgehead atoms. The third-order valence-corrected chi connectivity index (χ3v) is 7.95. The maximum absolute atomic E-state index is 12.9. The van der Waals surface area contributed by atoms with E-state index in [-0.39, 0.29) is 11.8 Å². The standard InChI is InChI=1S/C34H39N9O3/c1-6-35-30-17-26(11-13-41(30)5)46-28-10-9-25(16-23(28)2)38-33-32-27(36-22-37-33)18-29-34(39-32)43-15-14-42(19-24(20-43)21-45-29)31(44)8-7-12-40(3)4/h6-11,13,16-18,22,24H,1,12,14-15,19-21H2,2-5H3,(H,36,37,38)/b8-7+,35-30-. The Hall–Kier alpha value is -5.23. The number of hydrogen-bond acceptors (Lipinski definition) is 10. The molecule has 1 atom stereocenters. The van der Waals surface area contributed by atoms with Crippen LogP contribution < -0.4 is 25.2 Å². The fraction of sp³-hybridized carbons (Fsp3) is 0.324. The van der Waals surface area contributed by atoms with E-state index in [9.17, 15) is 4.79 Å². The van der Waals surface area contributed by atoms with Crippen LogP contribution in [-0.4, -0.2) is 88.7 Å². The zero-order valence-corrected chi connectivity index (χ0v) is 26.7. The summed E-state index contributed by atoms with van der Waals surface area (Å²) in [5, 5.41) is 3.43. The predicted octanol–water partition coefficient (Wildman–Crippen LogP) is 4.03. The molecule has 0 saturated carbocycles. The van der Waals surface area contributed by atoms with Crippen molar-refractivity contribution in [1.82, 2.24) is 29.3 Å². The van der Waals surface area contributed by atoms with Crippen molar-refractivity contribution >= 4 is 34.3 Å². The van der Waals surface area contributed by atoms with Gasteiger partial charge in [0.15, 0.2) is 17.4 Å². The van der Waals surface area contributed by atoms with Crippen molar-refractivity contribution < 1.29 is 14.3 Å². The number of anilines is 3. The number of pyridine rings is 2. The molecule has 2 aliphatic heterocycles. The summed E-state index contributed by atoms with van der Waals surface area (Å²) >= 11 is 0. The molecule has 5 heterocycles. The highest BCUT2D eigenvalue weighted by molar-refractivity contribution is 5.90. The van der Waals surface area contributed by atoms with E-state index in [2.05, 4.69) is 31.8 Å². The molecule has 2 aliphatic rings. The van der Waals surface area contributed by atoms with Crippen LogP contribution >= 0.6 is 0 Å². The lowest BCUT2D eigenvalue weighted by atomic mass is 10.1. The van der Waals surface area contributed by atoms with Crippen molar-refractivity contribution in [2.24, 2.45) is 18.0 Å². The Morgan fingerprint density at radius 3 is 2.87 bits per heavy atom. The Bertz CT molecular complexity index is 1870. The molecule has 4 aromatic rings. The summed E-state index contributed by atoms with van der Waals surface area (Å²) in [5.74, 6) is 3.61. The summed E-state index contributed by atoms with van der Waals surface area (Å²) in [7, 11) is 5.88. The minimum atomic E-state index is 0.0263. The van der Waals surface area contributed by atoms with E-state index in [4.69, 9.17) is 14.5 Å². The minimum absolute atomic E-state index is 0.0263. The molecule has 238 valence electrons. The highest BCUT2D eigenvalue weighted by atomic mass is 16.5. The van der Waals surface area contributed by atoms with Crippen molar-refractivity contribution in [3.63, 3.8) is 0 Å². The first-order chi connectivity index (χ1) is 22.3. The maximum atomic E-state index is 12.9. The van der Waals surface area contributed by atoms with E-state index in [1.807, 2.05) is 91.1 Å². The number of rotatable bonds is 8. The number of likely N-dealkylation sites (N-methyl/N-ethyl adjacent to an activating group) is 1. The Labute approximate surface area is 268 Å². The van der Waals surface area contributed by atoms with Gasteiger partial charge in [0.25, 0.3) is 0 Å². The molecule has 1 N–H and O–H groups in total. The molecule has 0 radical (unpaired) electrons. The number of carbonyl (C=O) groups excluding carboxylic acids is 1.